The molecule has 1 heterocycles. The number of carbonyl (C=O) groups is 2. The lowest BCUT2D eigenvalue weighted by molar-refractivity contribution is -0.143. The quantitative estimate of drug-likeness (QED) is 0.111. The molecule has 0 bridgehead atoms. The van der Waals surface area contributed by atoms with Crippen LogP contribution in [0.2, 0.25) is 0 Å². The molecular weight excluding hydrogens is 366 g/mol. The number of benzene rings is 1. The number of aromatic amines is 1. The number of hydrogen-bond donors (Lipinski definition) is 7. The molecule has 1 aromatic carbocycles. The number of carboxylic acids is 1. The molecule has 0 saturated heterocycles. The van der Waals surface area contributed by atoms with Gasteiger partial charge >= 0.3 is 5.97 Å². The van der Waals surface area contributed by atoms with E-state index >= 15 is 0 Å². The van der Waals surface area contributed by atoms with E-state index < -0.39 is 24.0 Å². The highest BCUT2D eigenvalue weighted by Crippen LogP contribution is 2.19. The Morgan fingerprint density at radius 3 is 2.68 bits per heavy atom. The number of aliphatic carboxylic acids is 1. The summed E-state index contributed by atoms with van der Waals surface area (Å²) >= 11 is 0. The standard InChI is InChI=1S/C17H25N7O4/c18-17(19)21-7-3-6-13(16(26)27)23-15(25)14(24-28-20)8-10-9-22-12-5-2-1-4-11(10)12/h1-2,4-5,9,13-14,22,24H,3,6-8,20H2,(H,23,25)(H,26,27)(H4,18,19,21)/t13-,14-/m0/s1. The van der Waals surface area contributed by atoms with E-state index in [9.17, 15) is 14.7 Å². The van der Waals surface area contributed by atoms with E-state index in [0.29, 0.717) is 6.42 Å². The minimum absolute atomic E-state index is 0.0704. The first-order valence-corrected chi connectivity index (χ1v) is 8.67. The molecular formula is C17H25N7O4. The predicted molar refractivity (Wildman–Crippen MR) is 104 cm³/mol. The Morgan fingerprint density at radius 1 is 1.25 bits per heavy atom. The van der Waals surface area contributed by atoms with Crippen LogP contribution in [0.3, 0.4) is 0 Å². The smallest absolute Gasteiger partial charge is 0.326 e. The second-order valence-electron chi connectivity index (χ2n) is 6.20. The average molecular weight is 391 g/mol. The molecule has 0 aliphatic heterocycles. The lowest BCUT2D eigenvalue weighted by atomic mass is 10.0. The summed E-state index contributed by atoms with van der Waals surface area (Å²) in [5, 5.41) is 12.8. The van der Waals surface area contributed by atoms with E-state index in [1.165, 1.54) is 0 Å². The number of nitrogens with zero attached hydrogens (tertiary/aromatic N) is 1. The maximum absolute atomic E-state index is 12.6. The van der Waals surface area contributed by atoms with Gasteiger partial charge in [0.25, 0.3) is 0 Å². The second-order valence-corrected chi connectivity index (χ2v) is 6.20. The van der Waals surface area contributed by atoms with Gasteiger partial charge in [-0.05, 0) is 24.5 Å². The number of nitrogens with one attached hydrogen (secondary N) is 3. The predicted octanol–water partition coefficient (Wildman–Crippen LogP) is -0.903. The van der Waals surface area contributed by atoms with Crippen molar-refractivity contribution in [3.63, 3.8) is 0 Å². The number of guanidine groups is 1. The van der Waals surface area contributed by atoms with Crippen LogP contribution in [-0.4, -0.2) is 46.6 Å². The molecule has 1 aromatic heterocycles. The van der Waals surface area contributed by atoms with Gasteiger partial charge in [-0.2, -0.15) is 11.4 Å². The third kappa shape index (κ3) is 5.94. The van der Waals surface area contributed by atoms with Crippen LogP contribution in [-0.2, 0) is 20.9 Å². The van der Waals surface area contributed by atoms with E-state index in [2.05, 4.69) is 25.7 Å². The van der Waals surface area contributed by atoms with Crippen LogP contribution in [0.4, 0.5) is 0 Å². The first kappa shape index (κ1) is 21.2. The molecule has 0 unspecified atom stereocenters. The molecule has 2 atom stereocenters. The molecule has 2 aromatic rings. The minimum atomic E-state index is -1.16. The molecule has 11 heteroatoms. The van der Waals surface area contributed by atoms with Crippen molar-refractivity contribution < 1.29 is 19.6 Å². The SMILES string of the molecule is NON[C@@H](Cc1c[nH]c2ccccc12)C(=O)N[C@@H](CCCN=C(N)N)C(=O)O. The lowest BCUT2D eigenvalue weighted by Gasteiger charge is -2.20. The molecule has 0 aliphatic rings. The monoisotopic (exact) mass is 391 g/mol. The van der Waals surface area contributed by atoms with Crippen molar-refractivity contribution in [2.75, 3.05) is 6.54 Å². The summed E-state index contributed by atoms with van der Waals surface area (Å²) in [5.41, 5.74) is 14.7. The fourth-order valence-electron chi connectivity index (χ4n) is 2.82. The van der Waals surface area contributed by atoms with E-state index in [4.69, 9.17) is 17.4 Å². The fraction of sp³-hybridized carbons (Fsp3) is 0.353. The van der Waals surface area contributed by atoms with Crippen LogP contribution in [0.15, 0.2) is 35.5 Å². The number of carbonyl (C=O) groups excluding carboxylic acids is 1. The van der Waals surface area contributed by atoms with Gasteiger partial charge in [0.05, 0.1) is 0 Å². The summed E-state index contributed by atoms with van der Waals surface area (Å²) in [7, 11) is 0. The number of H-pyrrole nitrogens is 1. The van der Waals surface area contributed by atoms with E-state index in [0.717, 1.165) is 16.5 Å². The third-order valence-corrected chi connectivity index (χ3v) is 4.19. The van der Waals surface area contributed by atoms with E-state index in [1.807, 2.05) is 24.3 Å². The van der Waals surface area contributed by atoms with Gasteiger partial charge in [-0.3, -0.25) is 9.79 Å². The van der Waals surface area contributed by atoms with Crippen LogP contribution in [0.1, 0.15) is 18.4 Å². The van der Waals surface area contributed by atoms with Gasteiger partial charge in [-0.1, -0.05) is 18.2 Å². The summed E-state index contributed by atoms with van der Waals surface area (Å²) in [6.45, 7) is 0.269. The van der Waals surface area contributed by atoms with Gasteiger partial charge in [0, 0.05) is 30.1 Å². The number of para-hydroxylation sites is 1. The highest BCUT2D eigenvalue weighted by Gasteiger charge is 2.26. The lowest BCUT2D eigenvalue weighted by Crippen LogP contribution is -2.51. The van der Waals surface area contributed by atoms with E-state index in [1.54, 1.807) is 6.20 Å². The number of fused-ring (bicyclic) bond motifs is 1. The van der Waals surface area contributed by atoms with Gasteiger partial charge in [-0.25, -0.2) is 9.73 Å². The maximum Gasteiger partial charge on any atom is 0.326 e. The molecule has 0 saturated carbocycles. The largest absolute Gasteiger partial charge is 0.480 e. The average Bonchev–Trinajstić information content (AvgIpc) is 3.06. The van der Waals surface area contributed by atoms with Crippen molar-refractivity contribution in [1.29, 1.82) is 0 Å². The van der Waals surface area contributed by atoms with Crippen LogP contribution in [0, 0.1) is 0 Å². The highest BCUT2D eigenvalue weighted by atomic mass is 16.8. The topological polar surface area (TPSA) is 194 Å². The number of hydroxylamine groups is 1. The normalized spacial score (nSPS) is 13.0. The maximum atomic E-state index is 12.6. The van der Waals surface area contributed by atoms with Crippen LogP contribution < -0.4 is 28.2 Å². The number of rotatable bonds is 11. The first-order valence-electron chi connectivity index (χ1n) is 8.67. The van der Waals surface area contributed by atoms with Crippen molar-refractivity contribution in [2.45, 2.75) is 31.3 Å². The van der Waals surface area contributed by atoms with Crippen molar-refractivity contribution in [3.05, 3.63) is 36.0 Å². The number of hydrogen-bond acceptors (Lipinski definition) is 6. The highest BCUT2D eigenvalue weighted by molar-refractivity contribution is 5.88. The number of carboxylic acid groups (broad SMARTS) is 1. The molecule has 11 nitrogen and oxygen atoms in total. The Hall–Kier alpha value is -3.15. The Morgan fingerprint density at radius 2 is 2.00 bits per heavy atom. The summed E-state index contributed by atoms with van der Waals surface area (Å²) in [5.74, 6) is 3.30. The minimum Gasteiger partial charge on any atom is -0.480 e. The molecule has 10 N–H and O–H groups in total. The van der Waals surface area contributed by atoms with Gasteiger partial charge in [-0.15, -0.1) is 0 Å². The van der Waals surface area contributed by atoms with Crippen molar-refractivity contribution in [3.8, 4) is 0 Å². The van der Waals surface area contributed by atoms with Crippen molar-refractivity contribution in [2.24, 2.45) is 22.4 Å². The summed E-state index contributed by atoms with van der Waals surface area (Å²) in [4.78, 5) is 35.4. The van der Waals surface area contributed by atoms with Crippen LogP contribution in [0.5, 0.6) is 0 Å². The van der Waals surface area contributed by atoms with Crippen molar-refractivity contribution >= 4 is 28.7 Å². The number of aliphatic imine (C=N–C) groups is 1. The molecule has 0 radical (unpaired) electrons. The summed E-state index contributed by atoms with van der Waals surface area (Å²) in [6, 6.07) is 5.64. The van der Waals surface area contributed by atoms with Crippen LogP contribution in [0.25, 0.3) is 10.9 Å². The number of aromatic nitrogens is 1. The molecule has 28 heavy (non-hydrogen) atoms. The Labute approximate surface area is 161 Å². The molecule has 0 fully saturated rings. The first-order chi connectivity index (χ1) is 13.4. The molecule has 0 aliphatic carbocycles. The fourth-order valence-corrected chi connectivity index (χ4v) is 2.82. The zero-order valence-electron chi connectivity index (χ0n) is 15.2. The van der Waals surface area contributed by atoms with Gasteiger partial charge in [0.15, 0.2) is 5.96 Å². The molecule has 1 amide bonds. The Bertz CT molecular complexity index is 832. The Kier molecular flexibility index (Phi) is 7.75. The van der Waals surface area contributed by atoms with Crippen LogP contribution >= 0.6 is 0 Å². The number of amides is 1. The molecule has 152 valence electrons. The zero-order valence-corrected chi connectivity index (χ0v) is 15.2. The summed E-state index contributed by atoms with van der Waals surface area (Å²) < 4.78 is 0. The number of nitrogens with two attached hydrogens (primary N) is 3. The van der Waals surface area contributed by atoms with Gasteiger partial charge in [0.2, 0.25) is 5.91 Å². The Balaban J connectivity index is 2.03. The van der Waals surface area contributed by atoms with Gasteiger partial charge < -0.3 is 26.9 Å². The third-order valence-electron chi connectivity index (χ3n) is 4.19. The summed E-state index contributed by atoms with van der Waals surface area (Å²) in [6.07, 6.45) is 2.59. The molecule has 2 rings (SSSR count). The van der Waals surface area contributed by atoms with E-state index in [-0.39, 0.29) is 25.3 Å². The van der Waals surface area contributed by atoms with Crippen molar-refractivity contribution in [1.82, 2.24) is 15.8 Å². The molecule has 0 spiro atoms. The second kappa shape index (κ2) is 10.3. The van der Waals surface area contributed by atoms with Gasteiger partial charge in [0.1, 0.15) is 12.1 Å². The zero-order chi connectivity index (χ0) is 20.5.